The van der Waals surface area contributed by atoms with Crippen LogP contribution in [0.15, 0.2) is 9.98 Å². The summed E-state index contributed by atoms with van der Waals surface area (Å²) in [6.07, 6.45) is 0. The van der Waals surface area contributed by atoms with Gasteiger partial charge >= 0.3 is 0 Å². The van der Waals surface area contributed by atoms with Crippen molar-refractivity contribution in [1.29, 1.82) is 0 Å². The smallest absolute Gasteiger partial charge is 0.183 e. The van der Waals surface area contributed by atoms with Crippen LogP contribution in [0.4, 0.5) is 5.13 Å². The minimum absolute atomic E-state index is 0.618. The van der Waals surface area contributed by atoms with Crippen LogP contribution in [0.25, 0.3) is 0 Å². The highest BCUT2D eigenvalue weighted by Gasteiger charge is 2.02. The van der Waals surface area contributed by atoms with Gasteiger partial charge in [0.15, 0.2) is 5.13 Å². The highest BCUT2D eigenvalue weighted by atomic mass is 79.9. The van der Waals surface area contributed by atoms with Gasteiger partial charge in [-0.25, -0.2) is 4.98 Å². The van der Waals surface area contributed by atoms with E-state index in [1.165, 1.54) is 0 Å². The molecule has 1 unspecified atom stereocenters. The number of nitrogens with one attached hydrogen (secondary N) is 2. The Labute approximate surface area is 91.1 Å². The predicted molar refractivity (Wildman–Crippen MR) is 61.4 cm³/mol. The van der Waals surface area contributed by atoms with Gasteiger partial charge in [-0.15, -0.1) is 11.3 Å². The Kier molecular flexibility index (Phi) is 4.69. The lowest BCUT2D eigenvalue weighted by molar-refractivity contribution is 0.569. The van der Waals surface area contributed by atoms with E-state index in [1.807, 2.05) is 12.4 Å². The molecule has 0 bridgehead atoms. The molecule has 0 aromatic carbocycles. The van der Waals surface area contributed by atoms with E-state index in [1.54, 1.807) is 11.3 Å². The van der Waals surface area contributed by atoms with Gasteiger partial charge in [0.05, 0.1) is 0 Å². The van der Waals surface area contributed by atoms with E-state index in [0.29, 0.717) is 5.92 Å². The van der Waals surface area contributed by atoms with Gasteiger partial charge in [-0.3, -0.25) is 0 Å². The van der Waals surface area contributed by atoms with Crippen LogP contribution < -0.4 is 10.6 Å². The third-order valence-electron chi connectivity index (χ3n) is 1.63. The van der Waals surface area contributed by atoms with E-state index in [2.05, 4.69) is 38.5 Å². The van der Waals surface area contributed by atoms with Crippen molar-refractivity contribution in [2.75, 3.05) is 25.5 Å². The number of hydrogen-bond donors (Lipinski definition) is 2. The normalized spacial score (nSPS) is 12.8. The first-order valence-electron chi connectivity index (χ1n) is 4.22. The molecule has 1 rings (SSSR count). The summed E-state index contributed by atoms with van der Waals surface area (Å²) >= 11 is 4.94. The molecule has 1 heterocycles. The number of thiazole rings is 1. The summed E-state index contributed by atoms with van der Waals surface area (Å²) in [5.74, 6) is 0.618. The van der Waals surface area contributed by atoms with E-state index < -0.39 is 0 Å². The summed E-state index contributed by atoms with van der Waals surface area (Å²) < 4.78 is 0.904. The van der Waals surface area contributed by atoms with Gasteiger partial charge in [-0.1, -0.05) is 6.92 Å². The number of halogens is 1. The van der Waals surface area contributed by atoms with Crippen molar-refractivity contribution in [1.82, 2.24) is 10.3 Å². The SMILES string of the molecule is CNCC(C)CNc1nc(Br)cs1. The molecule has 0 saturated heterocycles. The zero-order chi connectivity index (χ0) is 9.68. The Morgan fingerprint density at radius 1 is 1.62 bits per heavy atom. The second kappa shape index (κ2) is 5.57. The molecular formula is C8H14BrN3S. The van der Waals surface area contributed by atoms with Crippen LogP contribution in [-0.4, -0.2) is 25.1 Å². The zero-order valence-electron chi connectivity index (χ0n) is 7.80. The summed E-state index contributed by atoms with van der Waals surface area (Å²) in [6, 6.07) is 0. The van der Waals surface area contributed by atoms with Gasteiger partial charge in [0, 0.05) is 11.9 Å². The first-order valence-corrected chi connectivity index (χ1v) is 5.89. The van der Waals surface area contributed by atoms with Crippen LogP contribution in [0.5, 0.6) is 0 Å². The molecule has 5 heteroatoms. The molecule has 3 nitrogen and oxygen atoms in total. The highest BCUT2D eigenvalue weighted by molar-refractivity contribution is 9.10. The summed E-state index contributed by atoms with van der Waals surface area (Å²) in [6.45, 7) is 4.19. The van der Waals surface area contributed by atoms with Crippen molar-refractivity contribution in [3.05, 3.63) is 9.98 Å². The fourth-order valence-corrected chi connectivity index (χ4v) is 2.17. The molecule has 74 valence electrons. The maximum Gasteiger partial charge on any atom is 0.183 e. The lowest BCUT2D eigenvalue weighted by Gasteiger charge is -2.10. The quantitative estimate of drug-likeness (QED) is 0.855. The van der Waals surface area contributed by atoms with Gasteiger partial charge in [-0.05, 0) is 35.4 Å². The average molecular weight is 264 g/mol. The Hall–Kier alpha value is -0.130. The van der Waals surface area contributed by atoms with Crippen LogP contribution in [0.3, 0.4) is 0 Å². The standard InChI is InChI=1S/C8H14BrN3S/c1-6(3-10-2)4-11-8-12-7(9)5-13-8/h5-6,10H,3-4H2,1-2H3,(H,11,12). The number of aromatic nitrogens is 1. The first kappa shape index (κ1) is 10.9. The maximum absolute atomic E-state index is 4.25. The van der Waals surface area contributed by atoms with Crippen molar-refractivity contribution in [3.63, 3.8) is 0 Å². The van der Waals surface area contributed by atoms with Gasteiger partial charge < -0.3 is 10.6 Å². The molecule has 1 aromatic rings. The number of anilines is 1. The van der Waals surface area contributed by atoms with E-state index >= 15 is 0 Å². The Morgan fingerprint density at radius 3 is 2.92 bits per heavy atom. The van der Waals surface area contributed by atoms with Crippen molar-refractivity contribution in [2.24, 2.45) is 5.92 Å². The molecular weight excluding hydrogens is 250 g/mol. The molecule has 0 aliphatic carbocycles. The summed E-state index contributed by atoms with van der Waals surface area (Å²) in [7, 11) is 1.97. The van der Waals surface area contributed by atoms with E-state index in [4.69, 9.17) is 0 Å². The zero-order valence-corrected chi connectivity index (χ0v) is 10.2. The Morgan fingerprint density at radius 2 is 2.38 bits per heavy atom. The Balaban J connectivity index is 2.26. The van der Waals surface area contributed by atoms with Crippen LogP contribution in [-0.2, 0) is 0 Å². The van der Waals surface area contributed by atoms with Crippen LogP contribution in [0.2, 0.25) is 0 Å². The first-order chi connectivity index (χ1) is 6.22. The lowest BCUT2D eigenvalue weighted by Crippen LogP contribution is -2.22. The molecule has 0 fully saturated rings. The predicted octanol–water partition coefficient (Wildman–Crippen LogP) is 2.17. The molecule has 0 radical (unpaired) electrons. The van der Waals surface area contributed by atoms with Gasteiger partial charge in [0.25, 0.3) is 0 Å². The number of nitrogens with zero attached hydrogens (tertiary/aromatic N) is 1. The van der Waals surface area contributed by atoms with E-state index in [-0.39, 0.29) is 0 Å². The maximum atomic E-state index is 4.25. The molecule has 1 atom stereocenters. The summed E-state index contributed by atoms with van der Waals surface area (Å²) in [5, 5.41) is 9.39. The van der Waals surface area contributed by atoms with Crippen LogP contribution >= 0.6 is 27.3 Å². The van der Waals surface area contributed by atoms with E-state index in [9.17, 15) is 0 Å². The third-order valence-corrected chi connectivity index (χ3v) is 3.14. The fraction of sp³-hybridized carbons (Fsp3) is 0.625. The lowest BCUT2D eigenvalue weighted by atomic mass is 10.2. The largest absolute Gasteiger partial charge is 0.361 e. The van der Waals surface area contributed by atoms with Crippen molar-refractivity contribution in [2.45, 2.75) is 6.92 Å². The Bertz CT molecular complexity index is 251. The summed E-state index contributed by atoms with van der Waals surface area (Å²) in [4.78, 5) is 4.25. The number of hydrogen-bond acceptors (Lipinski definition) is 4. The van der Waals surface area contributed by atoms with Crippen LogP contribution in [0.1, 0.15) is 6.92 Å². The third kappa shape index (κ3) is 4.06. The van der Waals surface area contributed by atoms with Crippen molar-refractivity contribution >= 4 is 32.4 Å². The molecule has 2 N–H and O–H groups in total. The molecule has 0 amide bonds. The minimum Gasteiger partial charge on any atom is -0.361 e. The molecule has 0 aliphatic heterocycles. The molecule has 1 aromatic heterocycles. The van der Waals surface area contributed by atoms with E-state index in [0.717, 1.165) is 22.8 Å². The number of rotatable bonds is 5. The average Bonchev–Trinajstić information content (AvgIpc) is 2.49. The van der Waals surface area contributed by atoms with Gasteiger partial charge in [0.1, 0.15) is 4.60 Å². The molecule has 0 saturated carbocycles. The molecule has 0 aliphatic rings. The van der Waals surface area contributed by atoms with Crippen molar-refractivity contribution in [3.8, 4) is 0 Å². The van der Waals surface area contributed by atoms with Crippen molar-refractivity contribution < 1.29 is 0 Å². The van der Waals surface area contributed by atoms with Gasteiger partial charge in [0.2, 0.25) is 0 Å². The monoisotopic (exact) mass is 263 g/mol. The molecule has 0 spiro atoms. The molecule has 13 heavy (non-hydrogen) atoms. The second-order valence-corrected chi connectivity index (χ2v) is 4.69. The minimum atomic E-state index is 0.618. The fourth-order valence-electron chi connectivity index (χ4n) is 1.02. The summed E-state index contributed by atoms with van der Waals surface area (Å²) in [5.41, 5.74) is 0. The second-order valence-electron chi connectivity index (χ2n) is 3.02. The highest BCUT2D eigenvalue weighted by Crippen LogP contribution is 2.19. The topological polar surface area (TPSA) is 37.0 Å². The van der Waals surface area contributed by atoms with Crippen LogP contribution in [0, 0.1) is 5.92 Å². The van der Waals surface area contributed by atoms with Gasteiger partial charge in [-0.2, -0.15) is 0 Å².